The Morgan fingerprint density at radius 3 is 2.26 bits per heavy atom. The lowest BCUT2D eigenvalue weighted by molar-refractivity contribution is -0.384. The van der Waals surface area contributed by atoms with Crippen LogP contribution in [0.1, 0.15) is 10.4 Å². The molecule has 3 N–H and O–H groups in total. The number of halogens is 4. The van der Waals surface area contributed by atoms with Crippen molar-refractivity contribution in [1.29, 1.82) is 0 Å². The summed E-state index contributed by atoms with van der Waals surface area (Å²) in [5.41, 5.74) is 5.13. The number of anilines is 1. The molecule has 0 saturated heterocycles. The van der Waals surface area contributed by atoms with E-state index in [-0.39, 0.29) is 32.7 Å². The number of nitro groups is 1. The number of nitrogen functional groups attached to an aromatic ring is 1. The van der Waals surface area contributed by atoms with E-state index in [1.165, 1.54) is 6.07 Å². The number of phenolic OH excluding ortho intramolecular Hbond substituents is 1. The largest absolute Gasteiger partial charge is 0.506 e. The number of phenols is 1. The van der Waals surface area contributed by atoms with Gasteiger partial charge in [-0.25, -0.2) is 0 Å². The van der Waals surface area contributed by atoms with Gasteiger partial charge >= 0.3 is 0 Å². The fraction of sp³-hybridized carbons (Fsp3) is 0. The molecule has 0 aliphatic carbocycles. The van der Waals surface area contributed by atoms with Gasteiger partial charge < -0.3 is 10.8 Å². The third-order valence-corrected chi connectivity index (χ3v) is 3.78. The van der Waals surface area contributed by atoms with Crippen LogP contribution in [0.2, 0.25) is 15.1 Å². The van der Waals surface area contributed by atoms with Crippen LogP contribution < -0.4 is 5.73 Å². The summed E-state index contributed by atoms with van der Waals surface area (Å²) in [4.78, 5) is 20.2. The quantitative estimate of drug-likeness (QED) is 0.246. The summed E-state index contributed by atoms with van der Waals surface area (Å²) in [6, 6.07) is 6.77. The Balaban J connectivity index is 0.000000231. The topological polar surface area (TPSA) is 106 Å². The first-order valence-electron chi connectivity index (χ1n) is 5.71. The molecule has 0 fully saturated rings. The predicted octanol–water partition coefficient (Wildman–Crippen LogP) is 4.91. The average Bonchev–Trinajstić information content (AvgIpc) is 2.46. The van der Waals surface area contributed by atoms with Gasteiger partial charge in [0.05, 0.1) is 32.3 Å². The van der Waals surface area contributed by atoms with Crippen LogP contribution >= 0.6 is 46.4 Å². The number of carbonyl (C=O) groups is 1. The van der Waals surface area contributed by atoms with Crippen molar-refractivity contribution in [3.05, 3.63) is 61.1 Å². The molecular weight excluding hydrogens is 390 g/mol. The maximum absolute atomic E-state index is 10.6. The number of benzene rings is 2. The third kappa shape index (κ3) is 5.14. The Hall–Kier alpha value is -1.73. The van der Waals surface area contributed by atoms with Crippen LogP contribution in [0.15, 0.2) is 30.3 Å². The molecule has 23 heavy (non-hydrogen) atoms. The van der Waals surface area contributed by atoms with E-state index in [9.17, 15) is 14.9 Å². The molecule has 10 heteroatoms. The van der Waals surface area contributed by atoms with Crippen molar-refractivity contribution in [2.45, 2.75) is 0 Å². The van der Waals surface area contributed by atoms with Crippen molar-refractivity contribution in [3.8, 4) is 5.75 Å². The number of nitrogens with two attached hydrogens (primary N) is 1. The lowest BCUT2D eigenvalue weighted by Crippen LogP contribution is -1.92. The SMILES string of the molecule is Nc1cc(Cl)c([N+](=O)[O-])cc1O.O=C(Cl)c1cccc(Cl)c1Cl. The summed E-state index contributed by atoms with van der Waals surface area (Å²) >= 11 is 21.9. The Morgan fingerprint density at radius 1 is 1.17 bits per heavy atom. The maximum Gasteiger partial charge on any atom is 0.291 e. The van der Waals surface area contributed by atoms with E-state index in [1.54, 1.807) is 12.1 Å². The zero-order valence-electron chi connectivity index (χ0n) is 11.1. The van der Waals surface area contributed by atoms with E-state index in [2.05, 4.69) is 0 Å². The van der Waals surface area contributed by atoms with Gasteiger partial charge in [0.25, 0.3) is 10.9 Å². The standard InChI is InChI=1S/C7H3Cl3O.C6H5ClN2O3/c8-5-3-1-2-4(6(5)9)7(10)11;7-3-1-4(8)6(10)2-5(3)9(11)12/h1-3H;1-2,10H,8H2. The van der Waals surface area contributed by atoms with Crippen molar-refractivity contribution < 1.29 is 14.8 Å². The van der Waals surface area contributed by atoms with Crippen LogP contribution in [-0.2, 0) is 0 Å². The Morgan fingerprint density at radius 2 is 1.78 bits per heavy atom. The molecule has 0 saturated carbocycles. The number of hydrogen-bond acceptors (Lipinski definition) is 5. The molecule has 0 amide bonds. The molecule has 0 aliphatic rings. The summed E-state index contributed by atoms with van der Waals surface area (Å²) < 4.78 is 0. The molecule has 0 spiro atoms. The van der Waals surface area contributed by atoms with Crippen LogP contribution in [0.4, 0.5) is 11.4 Å². The van der Waals surface area contributed by atoms with E-state index in [0.717, 1.165) is 12.1 Å². The van der Waals surface area contributed by atoms with Crippen molar-refractivity contribution in [1.82, 2.24) is 0 Å². The van der Waals surface area contributed by atoms with E-state index in [0.29, 0.717) is 5.02 Å². The van der Waals surface area contributed by atoms with Gasteiger partial charge in [-0.1, -0.05) is 40.9 Å². The summed E-state index contributed by atoms with van der Waals surface area (Å²) in [5, 5.41) is 19.1. The number of nitro benzene ring substituents is 1. The molecule has 2 aromatic carbocycles. The highest BCUT2D eigenvalue weighted by Gasteiger charge is 2.14. The van der Waals surface area contributed by atoms with Gasteiger partial charge in [-0.2, -0.15) is 0 Å². The first-order valence-corrected chi connectivity index (χ1v) is 7.22. The van der Waals surface area contributed by atoms with E-state index >= 15 is 0 Å². The Bertz CT molecular complexity index is 768. The number of aromatic hydroxyl groups is 1. The lowest BCUT2D eigenvalue weighted by Gasteiger charge is -1.99. The predicted molar refractivity (Wildman–Crippen MR) is 90.8 cm³/mol. The second kappa shape index (κ2) is 8.21. The molecule has 0 heterocycles. The summed E-state index contributed by atoms with van der Waals surface area (Å²) in [5.74, 6) is -0.342. The summed E-state index contributed by atoms with van der Waals surface area (Å²) in [6.45, 7) is 0. The highest BCUT2D eigenvalue weighted by atomic mass is 35.5. The first-order chi connectivity index (χ1) is 10.6. The van der Waals surface area contributed by atoms with Crippen LogP contribution in [0.5, 0.6) is 5.75 Å². The van der Waals surface area contributed by atoms with Crippen LogP contribution in [0.25, 0.3) is 0 Å². The van der Waals surface area contributed by atoms with Crippen molar-refractivity contribution in [3.63, 3.8) is 0 Å². The smallest absolute Gasteiger partial charge is 0.291 e. The van der Waals surface area contributed by atoms with Gasteiger partial charge in [-0.15, -0.1) is 0 Å². The zero-order valence-corrected chi connectivity index (χ0v) is 14.1. The van der Waals surface area contributed by atoms with Gasteiger partial charge in [-0.3, -0.25) is 14.9 Å². The fourth-order valence-electron chi connectivity index (χ4n) is 1.36. The van der Waals surface area contributed by atoms with Gasteiger partial charge in [0, 0.05) is 0 Å². The van der Waals surface area contributed by atoms with Gasteiger partial charge in [0.15, 0.2) is 0 Å². The van der Waals surface area contributed by atoms with E-state index < -0.39 is 10.2 Å². The zero-order chi connectivity index (χ0) is 17.7. The second-order valence-electron chi connectivity index (χ2n) is 3.99. The summed E-state index contributed by atoms with van der Waals surface area (Å²) in [7, 11) is 0. The Labute approximate surface area is 150 Å². The second-order valence-corrected chi connectivity index (χ2v) is 5.53. The lowest BCUT2D eigenvalue weighted by atomic mass is 10.2. The molecule has 2 aromatic rings. The minimum Gasteiger partial charge on any atom is -0.506 e. The molecule has 0 aromatic heterocycles. The molecule has 122 valence electrons. The van der Waals surface area contributed by atoms with Crippen LogP contribution in [0.3, 0.4) is 0 Å². The fourth-order valence-corrected chi connectivity index (χ4v) is 2.20. The molecule has 6 nitrogen and oxygen atoms in total. The van der Waals surface area contributed by atoms with Crippen LogP contribution in [0, 0.1) is 10.1 Å². The highest BCUT2D eigenvalue weighted by Crippen LogP contribution is 2.32. The van der Waals surface area contributed by atoms with Crippen molar-refractivity contribution >= 4 is 63.0 Å². The number of carbonyl (C=O) groups excluding carboxylic acids is 1. The van der Waals surface area contributed by atoms with Gasteiger partial charge in [0.1, 0.15) is 10.8 Å². The molecule has 0 unspecified atom stereocenters. The highest BCUT2D eigenvalue weighted by molar-refractivity contribution is 6.69. The normalized spacial score (nSPS) is 9.74. The third-order valence-electron chi connectivity index (χ3n) is 2.46. The van der Waals surface area contributed by atoms with E-state index in [4.69, 9.17) is 57.2 Å². The Kier molecular flexibility index (Phi) is 6.90. The number of rotatable bonds is 2. The number of hydrogen-bond donors (Lipinski definition) is 2. The monoisotopic (exact) mass is 396 g/mol. The maximum atomic E-state index is 10.6. The van der Waals surface area contributed by atoms with Crippen molar-refractivity contribution in [2.24, 2.45) is 0 Å². The van der Waals surface area contributed by atoms with Gasteiger partial charge in [0.2, 0.25) is 0 Å². The van der Waals surface area contributed by atoms with Crippen LogP contribution in [-0.4, -0.2) is 15.3 Å². The minimum absolute atomic E-state index is 0.0191. The average molecular weight is 398 g/mol. The van der Waals surface area contributed by atoms with E-state index in [1.807, 2.05) is 0 Å². The minimum atomic E-state index is -0.693. The first kappa shape index (κ1) is 19.3. The molecule has 0 aliphatic heterocycles. The number of nitrogens with zero attached hydrogens (tertiary/aromatic N) is 1. The molecule has 0 radical (unpaired) electrons. The van der Waals surface area contributed by atoms with Crippen molar-refractivity contribution in [2.75, 3.05) is 5.73 Å². The van der Waals surface area contributed by atoms with Gasteiger partial charge in [-0.05, 0) is 29.8 Å². The molecule has 0 atom stereocenters. The molecule has 2 rings (SSSR count). The molecular formula is C13H8Cl4N2O4. The summed E-state index contributed by atoms with van der Waals surface area (Å²) in [6.07, 6.45) is 0. The molecule has 0 bridgehead atoms.